The number of nitrogens with one attached hydrogen (secondary N) is 1. The van der Waals surface area contributed by atoms with E-state index < -0.39 is 0 Å². The minimum atomic E-state index is 0.362. The number of hydrogen-bond acceptors (Lipinski definition) is 2. The first-order chi connectivity index (χ1) is 8.70. The zero-order valence-corrected chi connectivity index (χ0v) is 12.1. The molecule has 1 aromatic rings. The second-order valence-electron chi connectivity index (χ2n) is 5.65. The maximum Gasteiger partial charge on any atom is 0.105 e. The van der Waals surface area contributed by atoms with E-state index >= 15 is 0 Å². The van der Waals surface area contributed by atoms with E-state index in [2.05, 4.69) is 36.9 Å². The monoisotopic (exact) mass is 249 g/mol. The molecule has 0 bridgehead atoms. The molecular formula is C15H27N3. The van der Waals surface area contributed by atoms with Crippen molar-refractivity contribution in [2.45, 2.75) is 65.5 Å². The molecule has 1 unspecified atom stereocenters. The highest BCUT2D eigenvalue weighted by Crippen LogP contribution is 2.25. The third-order valence-corrected chi connectivity index (χ3v) is 4.13. The summed E-state index contributed by atoms with van der Waals surface area (Å²) in [5.74, 6) is 2.04. The van der Waals surface area contributed by atoms with Crippen LogP contribution in [0.15, 0.2) is 6.20 Å². The van der Waals surface area contributed by atoms with Gasteiger partial charge in [-0.15, -0.1) is 0 Å². The van der Waals surface area contributed by atoms with E-state index in [1.165, 1.54) is 43.6 Å². The maximum atomic E-state index is 4.70. The van der Waals surface area contributed by atoms with Crippen LogP contribution in [-0.4, -0.2) is 16.1 Å². The van der Waals surface area contributed by atoms with Gasteiger partial charge in [0, 0.05) is 18.8 Å². The molecule has 1 heterocycles. The topological polar surface area (TPSA) is 29.9 Å². The molecule has 2 rings (SSSR count). The SMILES string of the molecule is CCNC(C)c1cn(CC2CCCCC2)c(C)n1. The third kappa shape index (κ3) is 3.35. The Bertz CT molecular complexity index is 364. The van der Waals surface area contributed by atoms with Crippen molar-refractivity contribution in [2.24, 2.45) is 5.92 Å². The van der Waals surface area contributed by atoms with Crippen LogP contribution in [0.3, 0.4) is 0 Å². The van der Waals surface area contributed by atoms with Crippen molar-refractivity contribution in [1.29, 1.82) is 0 Å². The van der Waals surface area contributed by atoms with Crippen LogP contribution in [0.4, 0.5) is 0 Å². The average Bonchev–Trinajstić information content (AvgIpc) is 2.73. The van der Waals surface area contributed by atoms with Crippen molar-refractivity contribution in [1.82, 2.24) is 14.9 Å². The molecule has 1 aromatic heterocycles. The first kappa shape index (κ1) is 13.6. The number of aryl methyl sites for hydroxylation is 1. The van der Waals surface area contributed by atoms with Crippen LogP contribution in [0.25, 0.3) is 0 Å². The van der Waals surface area contributed by atoms with E-state index in [-0.39, 0.29) is 0 Å². The van der Waals surface area contributed by atoms with Gasteiger partial charge in [-0.25, -0.2) is 4.98 Å². The summed E-state index contributed by atoms with van der Waals surface area (Å²) in [7, 11) is 0. The van der Waals surface area contributed by atoms with Gasteiger partial charge in [0.2, 0.25) is 0 Å². The maximum absolute atomic E-state index is 4.70. The van der Waals surface area contributed by atoms with Crippen molar-refractivity contribution < 1.29 is 0 Å². The zero-order valence-electron chi connectivity index (χ0n) is 12.1. The molecule has 1 atom stereocenters. The van der Waals surface area contributed by atoms with Gasteiger partial charge in [0.1, 0.15) is 5.82 Å². The molecule has 1 fully saturated rings. The van der Waals surface area contributed by atoms with Gasteiger partial charge in [-0.1, -0.05) is 26.2 Å². The number of hydrogen-bond donors (Lipinski definition) is 1. The molecule has 1 aliphatic carbocycles. The summed E-state index contributed by atoms with van der Waals surface area (Å²) in [6.07, 6.45) is 9.31. The van der Waals surface area contributed by atoms with Crippen LogP contribution in [0.5, 0.6) is 0 Å². The van der Waals surface area contributed by atoms with Crippen LogP contribution < -0.4 is 5.32 Å². The molecule has 102 valence electrons. The molecule has 0 aromatic carbocycles. The molecule has 3 nitrogen and oxygen atoms in total. The Morgan fingerprint density at radius 2 is 2.11 bits per heavy atom. The first-order valence-corrected chi connectivity index (χ1v) is 7.47. The fourth-order valence-corrected chi connectivity index (χ4v) is 2.99. The largest absolute Gasteiger partial charge is 0.335 e. The van der Waals surface area contributed by atoms with Crippen LogP contribution >= 0.6 is 0 Å². The molecule has 0 amide bonds. The molecular weight excluding hydrogens is 222 g/mol. The van der Waals surface area contributed by atoms with Gasteiger partial charge < -0.3 is 9.88 Å². The lowest BCUT2D eigenvalue weighted by Gasteiger charge is -2.22. The molecule has 1 aliphatic rings. The normalized spacial score (nSPS) is 19.1. The van der Waals surface area contributed by atoms with Gasteiger partial charge in [0.15, 0.2) is 0 Å². The molecule has 0 aliphatic heterocycles. The second kappa shape index (κ2) is 6.37. The first-order valence-electron chi connectivity index (χ1n) is 7.47. The smallest absolute Gasteiger partial charge is 0.105 e. The molecule has 0 radical (unpaired) electrons. The zero-order chi connectivity index (χ0) is 13.0. The van der Waals surface area contributed by atoms with Crippen molar-refractivity contribution in [2.75, 3.05) is 6.54 Å². The Morgan fingerprint density at radius 3 is 2.78 bits per heavy atom. The fourth-order valence-electron chi connectivity index (χ4n) is 2.99. The van der Waals surface area contributed by atoms with Gasteiger partial charge in [-0.2, -0.15) is 0 Å². The van der Waals surface area contributed by atoms with Crippen LogP contribution in [0, 0.1) is 12.8 Å². The van der Waals surface area contributed by atoms with Gasteiger partial charge in [0.05, 0.1) is 5.69 Å². The molecule has 0 spiro atoms. The van der Waals surface area contributed by atoms with Crippen molar-refractivity contribution in [3.63, 3.8) is 0 Å². The highest BCUT2D eigenvalue weighted by atomic mass is 15.1. The summed E-state index contributed by atoms with van der Waals surface area (Å²) in [6.45, 7) is 8.62. The lowest BCUT2D eigenvalue weighted by molar-refractivity contribution is 0.317. The quantitative estimate of drug-likeness (QED) is 0.866. The molecule has 3 heteroatoms. The van der Waals surface area contributed by atoms with E-state index in [9.17, 15) is 0 Å². The Kier molecular flexibility index (Phi) is 4.81. The van der Waals surface area contributed by atoms with Gasteiger partial charge in [-0.3, -0.25) is 0 Å². The highest BCUT2D eigenvalue weighted by Gasteiger charge is 2.16. The lowest BCUT2D eigenvalue weighted by atomic mass is 9.89. The van der Waals surface area contributed by atoms with Gasteiger partial charge in [0.25, 0.3) is 0 Å². The number of imidazole rings is 1. The summed E-state index contributed by atoms with van der Waals surface area (Å²) >= 11 is 0. The summed E-state index contributed by atoms with van der Waals surface area (Å²) in [5, 5.41) is 3.43. The van der Waals surface area contributed by atoms with E-state index in [1.54, 1.807) is 0 Å². The Labute approximate surface area is 111 Å². The fraction of sp³-hybridized carbons (Fsp3) is 0.800. The van der Waals surface area contributed by atoms with Crippen LogP contribution in [0.1, 0.15) is 63.5 Å². The molecule has 0 saturated heterocycles. The third-order valence-electron chi connectivity index (χ3n) is 4.13. The van der Waals surface area contributed by atoms with Gasteiger partial charge >= 0.3 is 0 Å². The van der Waals surface area contributed by atoms with Gasteiger partial charge in [-0.05, 0) is 39.2 Å². The number of nitrogens with zero attached hydrogens (tertiary/aromatic N) is 2. The van der Waals surface area contributed by atoms with E-state index in [0.29, 0.717) is 6.04 Å². The standard InChI is InChI=1S/C15H27N3/c1-4-16-12(2)15-11-18(13(3)17-15)10-14-8-6-5-7-9-14/h11-12,14,16H,4-10H2,1-3H3. The average molecular weight is 249 g/mol. The summed E-state index contributed by atoms with van der Waals surface area (Å²) in [6, 6.07) is 0.362. The minimum absolute atomic E-state index is 0.362. The number of aromatic nitrogens is 2. The Hall–Kier alpha value is -0.830. The molecule has 1 saturated carbocycles. The van der Waals surface area contributed by atoms with E-state index in [0.717, 1.165) is 19.0 Å². The summed E-state index contributed by atoms with van der Waals surface area (Å²) in [4.78, 5) is 4.70. The Balaban J connectivity index is 1.99. The van der Waals surface area contributed by atoms with E-state index in [4.69, 9.17) is 4.98 Å². The second-order valence-corrected chi connectivity index (χ2v) is 5.65. The van der Waals surface area contributed by atoms with Crippen molar-refractivity contribution in [3.8, 4) is 0 Å². The van der Waals surface area contributed by atoms with E-state index in [1.807, 2.05) is 0 Å². The minimum Gasteiger partial charge on any atom is -0.335 e. The van der Waals surface area contributed by atoms with Crippen LogP contribution in [-0.2, 0) is 6.54 Å². The predicted molar refractivity (Wildman–Crippen MR) is 75.6 cm³/mol. The van der Waals surface area contributed by atoms with Crippen molar-refractivity contribution >= 4 is 0 Å². The lowest BCUT2D eigenvalue weighted by Crippen LogP contribution is -2.18. The number of rotatable bonds is 5. The summed E-state index contributed by atoms with van der Waals surface area (Å²) < 4.78 is 2.36. The Morgan fingerprint density at radius 1 is 1.39 bits per heavy atom. The molecule has 1 N–H and O–H groups in total. The highest BCUT2D eigenvalue weighted by molar-refractivity contribution is 5.07. The summed E-state index contributed by atoms with van der Waals surface area (Å²) in [5.41, 5.74) is 1.19. The van der Waals surface area contributed by atoms with Crippen molar-refractivity contribution in [3.05, 3.63) is 17.7 Å². The van der Waals surface area contributed by atoms with Crippen LogP contribution in [0.2, 0.25) is 0 Å². The molecule has 18 heavy (non-hydrogen) atoms. The predicted octanol–water partition coefficient (Wildman–Crippen LogP) is 3.44.